The van der Waals surface area contributed by atoms with Crippen LogP contribution in [0.1, 0.15) is 47.8 Å². The molecule has 0 saturated carbocycles. The van der Waals surface area contributed by atoms with E-state index < -0.39 is 11.9 Å². The maximum absolute atomic E-state index is 13.7. The molecule has 0 atom stereocenters. The highest BCUT2D eigenvalue weighted by Gasteiger charge is 2.22. The van der Waals surface area contributed by atoms with E-state index >= 15 is 0 Å². The summed E-state index contributed by atoms with van der Waals surface area (Å²) in [6.07, 6.45) is 3.78. The standard InChI is InChI=1S/C38H32N2O6/c1-40(31-21-15-27(16-22-31)12-11-26-13-17-30(18-14-26)38(43)44)37(42)33-9-6-10-34(45-2)35(33)39-36(41)29-19-23-32(24-20-29)46-25-28-7-4-3-5-8-28/h3-24H,25H2,1-2H3,(H,39,41)(H,43,44)/b12-11+. The average Bonchev–Trinajstić information content (AvgIpc) is 3.10. The Morgan fingerprint density at radius 1 is 0.739 bits per heavy atom. The van der Waals surface area contributed by atoms with Crippen molar-refractivity contribution >= 4 is 41.3 Å². The lowest BCUT2D eigenvalue weighted by Crippen LogP contribution is -2.28. The van der Waals surface area contributed by atoms with E-state index in [9.17, 15) is 14.4 Å². The van der Waals surface area contributed by atoms with E-state index in [2.05, 4.69) is 5.32 Å². The van der Waals surface area contributed by atoms with Gasteiger partial charge in [-0.25, -0.2) is 4.79 Å². The minimum absolute atomic E-state index is 0.229. The number of carbonyl (C=O) groups excluding carboxylic acids is 2. The number of carbonyl (C=O) groups is 3. The molecule has 0 spiro atoms. The Bertz CT molecular complexity index is 1850. The summed E-state index contributed by atoms with van der Waals surface area (Å²) in [7, 11) is 3.14. The minimum atomic E-state index is -0.969. The van der Waals surface area contributed by atoms with Crippen LogP contribution in [-0.2, 0) is 6.61 Å². The first-order valence-corrected chi connectivity index (χ1v) is 14.5. The lowest BCUT2D eigenvalue weighted by atomic mass is 10.1. The van der Waals surface area contributed by atoms with Crippen LogP contribution in [0.4, 0.5) is 11.4 Å². The van der Waals surface area contributed by atoms with Crippen LogP contribution in [0.25, 0.3) is 12.2 Å². The molecule has 230 valence electrons. The first-order valence-electron chi connectivity index (χ1n) is 14.5. The number of carboxylic acids is 1. The molecule has 0 unspecified atom stereocenters. The van der Waals surface area contributed by atoms with Crippen molar-refractivity contribution in [3.8, 4) is 11.5 Å². The molecule has 0 saturated heterocycles. The zero-order chi connectivity index (χ0) is 32.5. The highest BCUT2D eigenvalue weighted by atomic mass is 16.5. The summed E-state index contributed by atoms with van der Waals surface area (Å²) in [5, 5.41) is 11.9. The number of carboxylic acid groups (broad SMARTS) is 1. The van der Waals surface area contributed by atoms with Gasteiger partial charge in [-0.05, 0) is 77.4 Å². The summed E-state index contributed by atoms with van der Waals surface area (Å²) >= 11 is 0. The van der Waals surface area contributed by atoms with Gasteiger partial charge in [0.2, 0.25) is 0 Å². The summed E-state index contributed by atoms with van der Waals surface area (Å²) in [6, 6.07) is 35.6. The second-order valence-corrected chi connectivity index (χ2v) is 10.4. The minimum Gasteiger partial charge on any atom is -0.495 e. The van der Waals surface area contributed by atoms with Gasteiger partial charge in [-0.1, -0.05) is 72.8 Å². The van der Waals surface area contributed by atoms with E-state index in [4.69, 9.17) is 14.6 Å². The van der Waals surface area contributed by atoms with Gasteiger partial charge in [0.05, 0.1) is 23.9 Å². The number of hydrogen-bond donors (Lipinski definition) is 2. The summed E-state index contributed by atoms with van der Waals surface area (Å²) in [6.45, 7) is 0.413. The Labute approximate surface area is 267 Å². The van der Waals surface area contributed by atoms with Crippen LogP contribution in [0.15, 0.2) is 121 Å². The van der Waals surface area contributed by atoms with Crippen molar-refractivity contribution in [1.29, 1.82) is 0 Å². The number of benzene rings is 5. The number of para-hydroxylation sites is 1. The number of anilines is 2. The van der Waals surface area contributed by atoms with E-state index in [0.29, 0.717) is 29.4 Å². The second-order valence-electron chi connectivity index (χ2n) is 10.4. The molecule has 5 aromatic rings. The number of hydrogen-bond acceptors (Lipinski definition) is 5. The maximum Gasteiger partial charge on any atom is 0.335 e. The van der Waals surface area contributed by atoms with Gasteiger partial charge in [0.1, 0.15) is 18.1 Å². The Morgan fingerprint density at radius 3 is 1.96 bits per heavy atom. The van der Waals surface area contributed by atoms with Crippen LogP contribution in [-0.4, -0.2) is 37.0 Å². The highest BCUT2D eigenvalue weighted by Crippen LogP contribution is 2.31. The lowest BCUT2D eigenvalue weighted by Gasteiger charge is -2.21. The van der Waals surface area contributed by atoms with Crippen molar-refractivity contribution in [3.05, 3.63) is 155 Å². The summed E-state index contributed by atoms with van der Waals surface area (Å²) < 4.78 is 11.3. The van der Waals surface area contributed by atoms with Gasteiger partial charge in [-0.3, -0.25) is 9.59 Å². The highest BCUT2D eigenvalue weighted by molar-refractivity contribution is 6.14. The van der Waals surface area contributed by atoms with Crippen molar-refractivity contribution in [2.75, 3.05) is 24.4 Å². The fraction of sp³-hybridized carbons (Fsp3) is 0.0789. The lowest BCUT2D eigenvalue weighted by molar-refractivity contribution is 0.0696. The van der Waals surface area contributed by atoms with Gasteiger partial charge in [0.15, 0.2) is 0 Å². The van der Waals surface area contributed by atoms with Crippen molar-refractivity contribution in [3.63, 3.8) is 0 Å². The smallest absolute Gasteiger partial charge is 0.335 e. The molecule has 0 fully saturated rings. The molecule has 0 heterocycles. The summed E-state index contributed by atoms with van der Waals surface area (Å²) in [4.78, 5) is 39.5. The molecule has 0 radical (unpaired) electrons. The van der Waals surface area contributed by atoms with Crippen LogP contribution in [0.2, 0.25) is 0 Å². The van der Waals surface area contributed by atoms with Gasteiger partial charge in [0, 0.05) is 18.3 Å². The molecule has 0 aliphatic carbocycles. The van der Waals surface area contributed by atoms with Crippen LogP contribution >= 0.6 is 0 Å². The van der Waals surface area contributed by atoms with Gasteiger partial charge in [0.25, 0.3) is 11.8 Å². The zero-order valence-electron chi connectivity index (χ0n) is 25.3. The van der Waals surface area contributed by atoms with Gasteiger partial charge in [-0.15, -0.1) is 0 Å². The van der Waals surface area contributed by atoms with Gasteiger partial charge < -0.3 is 24.8 Å². The van der Waals surface area contributed by atoms with Crippen molar-refractivity contribution in [2.45, 2.75) is 6.61 Å². The second kappa shape index (κ2) is 14.5. The van der Waals surface area contributed by atoms with Crippen LogP contribution in [0, 0.1) is 0 Å². The van der Waals surface area contributed by atoms with Crippen molar-refractivity contribution in [2.24, 2.45) is 0 Å². The van der Waals surface area contributed by atoms with Crippen LogP contribution in [0.3, 0.4) is 0 Å². The van der Waals surface area contributed by atoms with E-state index in [0.717, 1.165) is 16.7 Å². The van der Waals surface area contributed by atoms with E-state index in [1.807, 2.05) is 66.7 Å². The maximum atomic E-state index is 13.7. The van der Waals surface area contributed by atoms with Gasteiger partial charge >= 0.3 is 5.97 Å². The number of nitrogens with one attached hydrogen (secondary N) is 1. The molecule has 0 bridgehead atoms. The van der Waals surface area contributed by atoms with Crippen LogP contribution < -0.4 is 19.7 Å². The van der Waals surface area contributed by atoms with Crippen molar-refractivity contribution in [1.82, 2.24) is 0 Å². The molecule has 2 amide bonds. The molecule has 0 aromatic heterocycles. The predicted molar refractivity (Wildman–Crippen MR) is 180 cm³/mol. The first-order chi connectivity index (χ1) is 22.3. The molecule has 8 heteroatoms. The van der Waals surface area contributed by atoms with Crippen LogP contribution in [0.5, 0.6) is 11.5 Å². The molecular weight excluding hydrogens is 580 g/mol. The number of aromatic carboxylic acids is 1. The summed E-state index contributed by atoms with van der Waals surface area (Å²) in [5.74, 6) is -0.715. The van der Waals surface area contributed by atoms with Gasteiger partial charge in [-0.2, -0.15) is 0 Å². The fourth-order valence-corrected chi connectivity index (χ4v) is 4.67. The average molecular weight is 613 g/mol. The van der Waals surface area contributed by atoms with E-state index in [-0.39, 0.29) is 22.7 Å². The number of ether oxygens (including phenoxy) is 2. The third kappa shape index (κ3) is 7.67. The summed E-state index contributed by atoms with van der Waals surface area (Å²) in [5.41, 5.74) is 4.62. The quantitative estimate of drug-likeness (QED) is 0.148. The molecular formula is C38H32N2O6. The predicted octanol–water partition coefficient (Wildman–Crippen LogP) is 7.67. The van der Waals surface area contributed by atoms with Crippen molar-refractivity contribution < 1.29 is 29.0 Å². The molecule has 8 nitrogen and oxygen atoms in total. The fourth-order valence-electron chi connectivity index (χ4n) is 4.67. The number of nitrogens with zero attached hydrogens (tertiary/aromatic N) is 1. The number of methoxy groups -OCH3 is 1. The Hall–Kier alpha value is -6.15. The SMILES string of the molecule is COc1cccc(C(=O)N(C)c2ccc(/C=C/c3ccc(C(=O)O)cc3)cc2)c1NC(=O)c1ccc(OCc2ccccc2)cc1. The van der Waals surface area contributed by atoms with E-state index in [1.165, 1.54) is 12.0 Å². The Morgan fingerprint density at radius 2 is 1.35 bits per heavy atom. The third-order valence-corrected chi connectivity index (χ3v) is 7.29. The first kappa shape index (κ1) is 31.3. The largest absolute Gasteiger partial charge is 0.495 e. The third-order valence-electron chi connectivity index (χ3n) is 7.29. The topological polar surface area (TPSA) is 105 Å². The molecule has 46 heavy (non-hydrogen) atoms. The molecule has 5 rings (SSSR count). The number of rotatable bonds is 11. The zero-order valence-corrected chi connectivity index (χ0v) is 25.3. The Kier molecular flexibility index (Phi) is 9.89. The Balaban J connectivity index is 1.27. The number of amides is 2. The molecule has 5 aromatic carbocycles. The van der Waals surface area contributed by atoms with E-state index in [1.54, 1.807) is 73.8 Å². The normalized spacial score (nSPS) is 10.7. The molecule has 0 aliphatic heterocycles. The monoisotopic (exact) mass is 612 g/mol. The molecule has 0 aliphatic rings. The molecule has 2 N–H and O–H groups in total.